The molecule has 2 aromatic carbocycles. The van der Waals surface area contributed by atoms with Crippen molar-refractivity contribution in [2.45, 2.75) is 26.3 Å². The molecular weight excluding hydrogens is 398 g/mol. The topological polar surface area (TPSA) is 57.5 Å². The number of hydrogen-bond donors (Lipinski definition) is 2. The lowest BCUT2D eigenvalue weighted by Crippen LogP contribution is -2.43. The normalized spacial score (nSPS) is 14.6. The van der Waals surface area contributed by atoms with Crippen LogP contribution in [-0.4, -0.2) is 53.3 Å². The number of aromatic carboxylic acids is 1. The Morgan fingerprint density at radius 1 is 1.03 bits per heavy atom. The van der Waals surface area contributed by atoms with E-state index in [9.17, 15) is 4.79 Å². The fraction of sp³-hybridized carbons (Fsp3) is 0.375. The average Bonchev–Trinajstić information content (AvgIpc) is 3.01. The lowest BCUT2D eigenvalue weighted by atomic mass is 10.0. The standard InChI is InChI=1S/C24H29N3O2.ClH/c1-18-22(17-19-7-9-20(10-8-19)24(28)29)21-5-2-3-6-23(21)27(18)14-4-13-26-15-11-25-12-16-26;/h2-3,5-10,25H,4,11-17H2,1H3,(H,28,29);1H. The molecule has 1 aromatic heterocycles. The van der Waals surface area contributed by atoms with Gasteiger partial charge in [-0.25, -0.2) is 4.79 Å². The molecule has 1 fully saturated rings. The maximum Gasteiger partial charge on any atom is 0.335 e. The van der Waals surface area contributed by atoms with Gasteiger partial charge in [-0.15, -0.1) is 12.4 Å². The van der Waals surface area contributed by atoms with Crippen molar-refractivity contribution >= 4 is 29.3 Å². The number of rotatable bonds is 7. The van der Waals surface area contributed by atoms with Gasteiger partial charge in [0.1, 0.15) is 0 Å². The monoisotopic (exact) mass is 427 g/mol. The van der Waals surface area contributed by atoms with Crippen LogP contribution >= 0.6 is 12.4 Å². The van der Waals surface area contributed by atoms with Gasteiger partial charge in [0.05, 0.1) is 5.56 Å². The summed E-state index contributed by atoms with van der Waals surface area (Å²) in [6.07, 6.45) is 1.96. The maximum absolute atomic E-state index is 11.1. The molecule has 0 spiro atoms. The Kier molecular flexibility index (Phi) is 7.53. The van der Waals surface area contributed by atoms with Crippen molar-refractivity contribution in [2.75, 3.05) is 32.7 Å². The van der Waals surface area contributed by atoms with Gasteiger partial charge < -0.3 is 19.9 Å². The molecule has 30 heavy (non-hydrogen) atoms. The third-order valence-corrected chi connectivity index (χ3v) is 6.01. The molecule has 0 bridgehead atoms. The van der Waals surface area contributed by atoms with Gasteiger partial charge in [0.15, 0.2) is 0 Å². The highest BCUT2D eigenvalue weighted by molar-refractivity contribution is 5.88. The Morgan fingerprint density at radius 2 is 1.73 bits per heavy atom. The summed E-state index contributed by atoms with van der Waals surface area (Å²) in [5, 5.41) is 13.8. The van der Waals surface area contributed by atoms with E-state index in [0.717, 1.165) is 57.7 Å². The molecule has 1 saturated heterocycles. The smallest absolute Gasteiger partial charge is 0.335 e. The predicted molar refractivity (Wildman–Crippen MR) is 124 cm³/mol. The third kappa shape index (κ3) is 4.86. The van der Waals surface area contributed by atoms with Crippen LogP contribution in [0.3, 0.4) is 0 Å². The number of aromatic nitrogens is 1. The van der Waals surface area contributed by atoms with Crippen LogP contribution < -0.4 is 5.32 Å². The van der Waals surface area contributed by atoms with Crippen LogP contribution in [0.4, 0.5) is 0 Å². The maximum atomic E-state index is 11.1. The van der Waals surface area contributed by atoms with Crippen molar-refractivity contribution in [1.82, 2.24) is 14.8 Å². The van der Waals surface area contributed by atoms with Crippen molar-refractivity contribution in [3.63, 3.8) is 0 Å². The molecule has 0 aliphatic carbocycles. The number of carboxylic acid groups (broad SMARTS) is 1. The van der Waals surface area contributed by atoms with Crippen LogP contribution in [0.15, 0.2) is 48.5 Å². The van der Waals surface area contributed by atoms with Gasteiger partial charge in [-0.3, -0.25) is 0 Å². The number of hydrogen-bond acceptors (Lipinski definition) is 3. The summed E-state index contributed by atoms with van der Waals surface area (Å²) >= 11 is 0. The Hall–Kier alpha value is -2.34. The highest BCUT2D eigenvalue weighted by atomic mass is 35.5. The number of carboxylic acids is 1. The van der Waals surface area contributed by atoms with Gasteiger partial charge in [0.25, 0.3) is 0 Å². The van der Waals surface area contributed by atoms with E-state index >= 15 is 0 Å². The molecule has 160 valence electrons. The highest BCUT2D eigenvalue weighted by Crippen LogP contribution is 2.28. The van der Waals surface area contributed by atoms with Crippen molar-refractivity contribution in [3.8, 4) is 0 Å². The summed E-state index contributed by atoms with van der Waals surface area (Å²) in [5.74, 6) is -0.881. The van der Waals surface area contributed by atoms with E-state index in [1.807, 2.05) is 12.1 Å². The second-order valence-electron chi connectivity index (χ2n) is 7.86. The zero-order valence-electron chi connectivity index (χ0n) is 17.4. The number of carbonyl (C=O) groups is 1. The zero-order valence-corrected chi connectivity index (χ0v) is 18.3. The summed E-state index contributed by atoms with van der Waals surface area (Å²) in [4.78, 5) is 13.7. The minimum Gasteiger partial charge on any atom is -0.478 e. The number of aryl methyl sites for hydroxylation is 1. The molecule has 0 saturated carbocycles. The van der Waals surface area contributed by atoms with Gasteiger partial charge in [0, 0.05) is 49.3 Å². The molecule has 0 radical (unpaired) electrons. The van der Waals surface area contributed by atoms with Gasteiger partial charge >= 0.3 is 5.97 Å². The molecule has 2 heterocycles. The second kappa shape index (κ2) is 10.1. The summed E-state index contributed by atoms with van der Waals surface area (Å²) in [6.45, 7) is 8.85. The highest BCUT2D eigenvalue weighted by Gasteiger charge is 2.15. The molecule has 4 rings (SSSR count). The SMILES string of the molecule is Cc1c(Cc2ccc(C(=O)O)cc2)c2ccccc2n1CCCN1CCNCC1.Cl. The zero-order chi connectivity index (χ0) is 20.2. The minimum atomic E-state index is -0.881. The summed E-state index contributed by atoms with van der Waals surface area (Å²) in [5.41, 5.74) is 5.42. The Balaban J connectivity index is 0.00000256. The largest absolute Gasteiger partial charge is 0.478 e. The van der Waals surface area contributed by atoms with Crippen LogP contribution in [0.5, 0.6) is 0 Å². The molecule has 0 atom stereocenters. The van der Waals surface area contributed by atoms with E-state index in [2.05, 4.69) is 46.0 Å². The van der Waals surface area contributed by atoms with E-state index in [1.54, 1.807) is 12.1 Å². The number of benzene rings is 2. The number of nitrogens with one attached hydrogen (secondary N) is 1. The molecule has 1 aliphatic heterocycles. The van der Waals surface area contributed by atoms with Crippen LogP contribution in [0, 0.1) is 6.92 Å². The molecule has 1 aliphatic rings. The molecule has 0 amide bonds. The van der Waals surface area contributed by atoms with E-state index < -0.39 is 5.97 Å². The van der Waals surface area contributed by atoms with Gasteiger partial charge in [-0.05, 0) is 55.6 Å². The number of nitrogens with zero attached hydrogens (tertiary/aromatic N) is 2. The fourth-order valence-corrected chi connectivity index (χ4v) is 4.37. The van der Waals surface area contributed by atoms with Crippen LogP contribution in [0.1, 0.15) is 33.6 Å². The first-order valence-corrected chi connectivity index (χ1v) is 10.5. The predicted octanol–water partition coefficient (Wildman–Crippen LogP) is 3.96. The molecule has 2 N–H and O–H groups in total. The van der Waals surface area contributed by atoms with Crippen molar-refractivity contribution < 1.29 is 9.90 Å². The summed E-state index contributed by atoms with van der Waals surface area (Å²) < 4.78 is 2.46. The van der Waals surface area contributed by atoms with Gasteiger partial charge in [0.2, 0.25) is 0 Å². The number of halogens is 1. The van der Waals surface area contributed by atoms with Crippen molar-refractivity contribution in [3.05, 3.63) is 70.9 Å². The third-order valence-electron chi connectivity index (χ3n) is 6.01. The number of para-hydroxylation sites is 1. The number of piperazine rings is 1. The molecule has 0 unspecified atom stereocenters. The second-order valence-corrected chi connectivity index (χ2v) is 7.86. The average molecular weight is 428 g/mol. The summed E-state index contributed by atoms with van der Waals surface area (Å²) in [7, 11) is 0. The quantitative estimate of drug-likeness (QED) is 0.599. The lowest BCUT2D eigenvalue weighted by Gasteiger charge is -2.27. The van der Waals surface area contributed by atoms with Crippen molar-refractivity contribution in [1.29, 1.82) is 0 Å². The van der Waals surface area contributed by atoms with Gasteiger partial charge in [-0.1, -0.05) is 30.3 Å². The van der Waals surface area contributed by atoms with Crippen LogP contribution in [-0.2, 0) is 13.0 Å². The Morgan fingerprint density at radius 3 is 2.43 bits per heavy atom. The molecule has 3 aromatic rings. The first-order valence-electron chi connectivity index (χ1n) is 10.5. The number of fused-ring (bicyclic) bond motifs is 1. The van der Waals surface area contributed by atoms with Crippen molar-refractivity contribution in [2.24, 2.45) is 0 Å². The molecule has 5 nitrogen and oxygen atoms in total. The van der Waals surface area contributed by atoms with E-state index in [1.165, 1.54) is 22.2 Å². The summed E-state index contributed by atoms with van der Waals surface area (Å²) in [6, 6.07) is 15.9. The van der Waals surface area contributed by atoms with Crippen LogP contribution in [0.2, 0.25) is 0 Å². The van der Waals surface area contributed by atoms with Gasteiger partial charge in [-0.2, -0.15) is 0 Å². The first kappa shape index (κ1) is 22.3. The van der Waals surface area contributed by atoms with E-state index in [-0.39, 0.29) is 12.4 Å². The Bertz CT molecular complexity index is 992. The van der Waals surface area contributed by atoms with Crippen LogP contribution in [0.25, 0.3) is 10.9 Å². The fourth-order valence-electron chi connectivity index (χ4n) is 4.37. The Labute approximate surface area is 184 Å². The molecule has 6 heteroatoms. The minimum absolute atomic E-state index is 0. The first-order chi connectivity index (χ1) is 14.1. The van der Waals surface area contributed by atoms with E-state index in [4.69, 9.17) is 5.11 Å². The lowest BCUT2D eigenvalue weighted by molar-refractivity contribution is 0.0697. The van der Waals surface area contributed by atoms with E-state index in [0.29, 0.717) is 5.56 Å². The molecular formula is C24H30ClN3O2.